The molecule has 4 nitrogen and oxygen atoms in total. The Morgan fingerprint density at radius 2 is 2.25 bits per heavy atom. The molecule has 62 valence electrons. The van der Waals surface area contributed by atoms with Crippen LogP contribution >= 0.6 is 0 Å². The molecule has 0 aromatic carbocycles. The van der Waals surface area contributed by atoms with Crippen molar-refractivity contribution in [2.45, 2.75) is 6.92 Å². The van der Waals surface area contributed by atoms with E-state index in [9.17, 15) is 9.59 Å². The van der Waals surface area contributed by atoms with Crippen LogP contribution in [0.1, 0.15) is 27.6 Å². The average Bonchev–Trinajstić information content (AvgIpc) is 2.03. The second-order valence-corrected chi connectivity index (χ2v) is 2.37. The Balaban J connectivity index is 3.39. The van der Waals surface area contributed by atoms with E-state index in [0.717, 1.165) is 0 Å². The SMILES string of the molecule is CC(=O)c1c(N)cncc1C=O. The quantitative estimate of drug-likeness (QED) is 0.515. The molecule has 0 bridgehead atoms. The maximum atomic E-state index is 11.0. The molecule has 0 radical (unpaired) electrons. The first-order valence-electron chi connectivity index (χ1n) is 3.36. The van der Waals surface area contributed by atoms with E-state index in [1.54, 1.807) is 0 Å². The molecule has 2 N–H and O–H groups in total. The molecule has 0 atom stereocenters. The van der Waals surface area contributed by atoms with E-state index in [0.29, 0.717) is 6.29 Å². The number of nitrogen functional groups attached to an aromatic ring is 1. The van der Waals surface area contributed by atoms with Crippen molar-refractivity contribution in [3.8, 4) is 0 Å². The van der Waals surface area contributed by atoms with Gasteiger partial charge in [0, 0.05) is 11.8 Å². The van der Waals surface area contributed by atoms with Gasteiger partial charge in [-0.2, -0.15) is 0 Å². The third-order valence-electron chi connectivity index (χ3n) is 1.48. The van der Waals surface area contributed by atoms with Gasteiger partial charge in [0.2, 0.25) is 0 Å². The first kappa shape index (κ1) is 8.39. The standard InChI is InChI=1S/C8H8N2O2/c1-5(12)8-6(4-11)2-10-3-7(8)9/h2-4H,9H2,1H3. The highest BCUT2D eigenvalue weighted by Crippen LogP contribution is 2.13. The Morgan fingerprint density at radius 1 is 1.58 bits per heavy atom. The number of pyridine rings is 1. The van der Waals surface area contributed by atoms with Crippen LogP contribution < -0.4 is 5.73 Å². The van der Waals surface area contributed by atoms with Crippen LogP contribution in [0.4, 0.5) is 5.69 Å². The van der Waals surface area contributed by atoms with Crippen molar-refractivity contribution in [3.63, 3.8) is 0 Å². The minimum Gasteiger partial charge on any atom is -0.397 e. The molecule has 0 spiro atoms. The van der Waals surface area contributed by atoms with Crippen LogP contribution in [0, 0.1) is 0 Å². The number of aromatic nitrogens is 1. The van der Waals surface area contributed by atoms with Gasteiger partial charge in [0.1, 0.15) is 0 Å². The Morgan fingerprint density at radius 3 is 2.67 bits per heavy atom. The summed E-state index contributed by atoms with van der Waals surface area (Å²) in [5, 5.41) is 0. The summed E-state index contributed by atoms with van der Waals surface area (Å²) in [6, 6.07) is 0. The Labute approximate surface area is 69.4 Å². The van der Waals surface area contributed by atoms with E-state index in [1.165, 1.54) is 19.3 Å². The molecule has 1 aromatic rings. The van der Waals surface area contributed by atoms with Gasteiger partial charge in [-0.1, -0.05) is 0 Å². The number of ketones is 1. The number of nitrogens with zero attached hydrogens (tertiary/aromatic N) is 1. The number of hydrogen-bond acceptors (Lipinski definition) is 4. The molecule has 0 saturated carbocycles. The molecular formula is C8H8N2O2. The molecule has 0 saturated heterocycles. The molecule has 0 unspecified atom stereocenters. The Bertz CT molecular complexity index is 334. The monoisotopic (exact) mass is 164 g/mol. The van der Waals surface area contributed by atoms with Crippen molar-refractivity contribution in [1.29, 1.82) is 0 Å². The van der Waals surface area contributed by atoms with Crippen LogP contribution in [0.3, 0.4) is 0 Å². The van der Waals surface area contributed by atoms with E-state index < -0.39 is 0 Å². The summed E-state index contributed by atoms with van der Waals surface area (Å²) >= 11 is 0. The highest BCUT2D eigenvalue weighted by Gasteiger charge is 2.09. The van der Waals surface area contributed by atoms with E-state index in [1.807, 2.05) is 0 Å². The Kier molecular flexibility index (Phi) is 2.19. The number of carbonyl (C=O) groups is 2. The number of Topliss-reactive ketones (excluding diaryl/α,β-unsaturated/α-hetero) is 1. The lowest BCUT2D eigenvalue weighted by Gasteiger charge is -2.02. The van der Waals surface area contributed by atoms with Crippen molar-refractivity contribution in [2.24, 2.45) is 0 Å². The fourth-order valence-corrected chi connectivity index (χ4v) is 0.990. The molecule has 0 aliphatic heterocycles. The predicted molar refractivity (Wildman–Crippen MR) is 44.0 cm³/mol. The Hall–Kier alpha value is -1.71. The predicted octanol–water partition coefficient (Wildman–Crippen LogP) is 0.679. The van der Waals surface area contributed by atoms with Crippen LogP contribution in [-0.4, -0.2) is 17.1 Å². The number of carbonyl (C=O) groups excluding carboxylic acids is 2. The third kappa shape index (κ3) is 1.32. The second-order valence-electron chi connectivity index (χ2n) is 2.37. The lowest BCUT2D eigenvalue weighted by atomic mass is 10.1. The van der Waals surface area contributed by atoms with Gasteiger partial charge >= 0.3 is 0 Å². The fraction of sp³-hybridized carbons (Fsp3) is 0.125. The highest BCUT2D eigenvalue weighted by molar-refractivity contribution is 6.05. The van der Waals surface area contributed by atoms with Crippen LogP contribution in [0.5, 0.6) is 0 Å². The molecule has 0 fully saturated rings. The van der Waals surface area contributed by atoms with Crippen molar-refractivity contribution in [1.82, 2.24) is 4.98 Å². The van der Waals surface area contributed by atoms with Crippen LogP contribution in [0.25, 0.3) is 0 Å². The maximum absolute atomic E-state index is 11.0. The minimum atomic E-state index is -0.225. The summed E-state index contributed by atoms with van der Waals surface area (Å²) in [4.78, 5) is 25.1. The van der Waals surface area contributed by atoms with Crippen molar-refractivity contribution in [3.05, 3.63) is 23.5 Å². The van der Waals surface area contributed by atoms with Gasteiger partial charge in [-0.3, -0.25) is 14.6 Å². The molecule has 0 aliphatic carbocycles. The number of nitrogens with two attached hydrogens (primary N) is 1. The van der Waals surface area contributed by atoms with Crippen molar-refractivity contribution < 1.29 is 9.59 Å². The highest BCUT2D eigenvalue weighted by atomic mass is 16.1. The number of aldehydes is 1. The molecule has 1 heterocycles. The van der Waals surface area contributed by atoms with Gasteiger partial charge in [-0.25, -0.2) is 0 Å². The lowest BCUT2D eigenvalue weighted by molar-refractivity contribution is 0.101. The van der Waals surface area contributed by atoms with Crippen LogP contribution in [0.15, 0.2) is 12.4 Å². The van der Waals surface area contributed by atoms with E-state index in [2.05, 4.69) is 4.98 Å². The maximum Gasteiger partial charge on any atom is 0.162 e. The van der Waals surface area contributed by atoms with E-state index >= 15 is 0 Å². The zero-order chi connectivity index (χ0) is 9.14. The summed E-state index contributed by atoms with van der Waals surface area (Å²) in [6.07, 6.45) is 3.24. The van der Waals surface area contributed by atoms with Gasteiger partial charge < -0.3 is 5.73 Å². The van der Waals surface area contributed by atoms with Gasteiger partial charge in [0.25, 0.3) is 0 Å². The first-order valence-corrected chi connectivity index (χ1v) is 3.36. The summed E-state index contributed by atoms with van der Waals surface area (Å²) in [5.74, 6) is -0.225. The largest absolute Gasteiger partial charge is 0.397 e. The van der Waals surface area contributed by atoms with E-state index in [4.69, 9.17) is 5.73 Å². The molecule has 0 amide bonds. The summed E-state index contributed by atoms with van der Waals surface area (Å²) < 4.78 is 0. The third-order valence-corrected chi connectivity index (χ3v) is 1.48. The minimum absolute atomic E-state index is 0.225. The number of rotatable bonds is 2. The molecule has 12 heavy (non-hydrogen) atoms. The van der Waals surface area contributed by atoms with Crippen molar-refractivity contribution >= 4 is 17.8 Å². The van der Waals surface area contributed by atoms with Gasteiger partial charge in [0.15, 0.2) is 12.1 Å². The summed E-state index contributed by atoms with van der Waals surface area (Å²) in [5.41, 5.74) is 6.19. The molecule has 0 aliphatic rings. The molecule has 1 aromatic heterocycles. The van der Waals surface area contributed by atoms with Crippen LogP contribution in [0.2, 0.25) is 0 Å². The summed E-state index contributed by atoms with van der Waals surface area (Å²) in [7, 11) is 0. The summed E-state index contributed by atoms with van der Waals surface area (Å²) in [6.45, 7) is 1.36. The second kappa shape index (κ2) is 3.13. The molecular weight excluding hydrogens is 156 g/mol. The number of hydrogen-bond donors (Lipinski definition) is 1. The average molecular weight is 164 g/mol. The van der Waals surface area contributed by atoms with Crippen molar-refractivity contribution in [2.75, 3.05) is 5.73 Å². The lowest BCUT2D eigenvalue weighted by Crippen LogP contribution is -2.04. The van der Waals surface area contributed by atoms with Gasteiger partial charge in [0.05, 0.1) is 17.4 Å². The fourth-order valence-electron chi connectivity index (χ4n) is 0.990. The smallest absolute Gasteiger partial charge is 0.162 e. The normalized spacial score (nSPS) is 9.42. The zero-order valence-electron chi connectivity index (χ0n) is 6.57. The number of anilines is 1. The topological polar surface area (TPSA) is 73.1 Å². The van der Waals surface area contributed by atoms with Gasteiger partial charge in [-0.15, -0.1) is 0 Å². The van der Waals surface area contributed by atoms with Crippen LogP contribution in [-0.2, 0) is 0 Å². The van der Waals surface area contributed by atoms with E-state index in [-0.39, 0.29) is 22.6 Å². The molecule has 4 heteroatoms. The van der Waals surface area contributed by atoms with Gasteiger partial charge in [-0.05, 0) is 6.92 Å². The molecule has 1 rings (SSSR count). The first-order chi connectivity index (χ1) is 5.66. The zero-order valence-corrected chi connectivity index (χ0v) is 6.57.